The number of anilines is 1. The number of aryl methyl sites for hydroxylation is 1. The predicted octanol–water partition coefficient (Wildman–Crippen LogP) is 3.59. The molecule has 2 aromatic rings. The molecule has 2 N–H and O–H groups in total. The highest BCUT2D eigenvalue weighted by molar-refractivity contribution is 14.0. The predicted molar refractivity (Wildman–Crippen MR) is 123 cm³/mol. The summed E-state index contributed by atoms with van der Waals surface area (Å²) in [5.74, 6) is 0.107. The maximum Gasteiger partial charge on any atom is 0.191 e. The molecule has 0 atom stereocenters. The number of guanidine groups is 1. The SMILES string of the molecule is CN=C(NCc1ccc(C)c(F)c1)NCc1ccc(N2CCOCC2)c(F)c1.I. The van der Waals surface area contributed by atoms with Crippen LogP contribution < -0.4 is 15.5 Å². The van der Waals surface area contributed by atoms with Crippen LogP contribution in [-0.4, -0.2) is 39.3 Å². The maximum atomic E-state index is 14.5. The minimum atomic E-state index is -0.237. The van der Waals surface area contributed by atoms with E-state index in [1.54, 1.807) is 26.1 Å². The summed E-state index contributed by atoms with van der Waals surface area (Å²) >= 11 is 0. The number of rotatable bonds is 5. The fraction of sp³-hybridized carbons (Fsp3) is 0.381. The summed E-state index contributed by atoms with van der Waals surface area (Å²) in [5.41, 5.74) is 2.87. The number of morpholine rings is 1. The van der Waals surface area contributed by atoms with Gasteiger partial charge in [0, 0.05) is 33.2 Å². The van der Waals surface area contributed by atoms with Gasteiger partial charge >= 0.3 is 0 Å². The number of nitrogens with zero attached hydrogens (tertiary/aromatic N) is 2. The molecule has 158 valence electrons. The molecule has 0 bridgehead atoms. The molecular weight excluding hydrogens is 489 g/mol. The maximum absolute atomic E-state index is 14.5. The Morgan fingerprint density at radius 1 is 1.00 bits per heavy atom. The van der Waals surface area contributed by atoms with E-state index < -0.39 is 0 Å². The summed E-state index contributed by atoms with van der Waals surface area (Å²) < 4.78 is 33.4. The molecule has 0 saturated carbocycles. The van der Waals surface area contributed by atoms with Gasteiger partial charge in [-0.05, 0) is 41.8 Å². The first-order valence-corrected chi connectivity index (χ1v) is 9.37. The highest BCUT2D eigenvalue weighted by atomic mass is 127. The van der Waals surface area contributed by atoms with Crippen molar-refractivity contribution >= 4 is 35.6 Å². The van der Waals surface area contributed by atoms with Crippen LogP contribution >= 0.6 is 24.0 Å². The summed E-state index contributed by atoms with van der Waals surface area (Å²) in [5, 5.41) is 6.29. The van der Waals surface area contributed by atoms with Crippen molar-refractivity contribution in [3.05, 3.63) is 64.7 Å². The topological polar surface area (TPSA) is 48.9 Å². The summed E-state index contributed by atoms with van der Waals surface area (Å²) in [4.78, 5) is 6.15. The fourth-order valence-electron chi connectivity index (χ4n) is 3.06. The average molecular weight is 516 g/mol. The second-order valence-electron chi connectivity index (χ2n) is 6.75. The van der Waals surface area contributed by atoms with Gasteiger partial charge in [-0.3, -0.25) is 4.99 Å². The van der Waals surface area contributed by atoms with Crippen LogP contribution in [0.2, 0.25) is 0 Å². The summed E-state index contributed by atoms with van der Waals surface area (Å²) in [6.45, 7) is 5.25. The van der Waals surface area contributed by atoms with Gasteiger partial charge in [-0.15, -0.1) is 24.0 Å². The van der Waals surface area contributed by atoms with Crippen molar-refractivity contribution in [3.8, 4) is 0 Å². The molecule has 1 aliphatic heterocycles. The number of ether oxygens (including phenoxy) is 1. The van der Waals surface area contributed by atoms with E-state index in [0.29, 0.717) is 56.6 Å². The molecule has 0 amide bonds. The van der Waals surface area contributed by atoms with Gasteiger partial charge < -0.3 is 20.3 Å². The zero-order valence-corrected chi connectivity index (χ0v) is 19.0. The van der Waals surface area contributed by atoms with Crippen molar-refractivity contribution < 1.29 is 13.5 Å². The molecule has 2 aromatic carbocycles. The second kappa shape index (κ2) is 11.3. The van der Waals surface area contributed by atoms with Crippen LogP contribution in [0.15, 0.2) is 41.4 Å². The standard InChI is InChI=1S/C21H26F2N4O.HI/c1-15-3-4-16(11-18(15)22)13-25-21(24-2)26-14-17-5-6-20(19(23)12-17)27-7-9-28-10-8-27;/h3-6,11-12H,7-10,13-14H2,1-2H3,(H2,24,25,26);1H. The van der Waals surface area contributed by atoms with Crippen LogP contribution in [0.4, 0.5) is 14.5 Å². The van der Waals surface area contributed by atoms with Crippen LogP contribution in [0.25, 0.3) is 0 Å². The van der Waals surface area contributed by atoms with Gasteiger partial charge in [-0.1, -0.05) is 18.2 Å². The Balaban J connectivity index is 0.00000300. The minimum absolute atomic E-state index is 0. The molecule has 29 heavy (non-hydrogen) atoms. The molecule has 3 rings (SSSR count). The van der Waals surface area contributed by atoms with Crippen molar-refractivity contribution in [2.24, 2.45) is 4.99 Å². The van der Waals surface area contributed by atoms with Crippen LogP contribution in [-0.2, 0) is 17.8 Å². The molecule has 0 spiro atoms. The third-order valence-electron chi connectivity index (χ3n) is 4.74. The van der Waals surface area contributed by atoms with Crippen molar-refractivity contribution in [1.82, 2.24) is 10.6 Å². The Bertz CT molecular complexity index is 841. The highest BCUT2D eigenvalue weighted by Crippen LogP contribution is 2.21. The summed E-state index contributed by atoms with van der Waals surface area (Å²) in [7, 11) is 1.66. The van der Waals surface area contributed by atoms with Crippen molar-refractivity contribution in [2.45, 2.75) is 20.0 Å². The number of aliphatic imine (C=N–C) groups is 1. The summed E-state index contributed by atoms with van der Waals surface area (Å²) in [6, 6.07) is 10.4. The van der Waals surface area contributed by atoms with Gasteiger partial charge in [0.05, 0.1) is 18.9 Å². The number of hydrogen-bond donors (Lipinski definition) is 2. The van der Waals surface area contributed by atoms with E-state index in [0.717, 1.165) is 11.1 Å². The zero-order valence-electron chi connectivity index (χ0n) is 16.7. The number of halogens is 3. The van der Waals surface area contributed by atoms with E-state index in [1.807, 2.05) is 23.1 Å². The van der Waals surface area contributed by atoms with E-state index in [4.69, 9.17) is 4.74 Å². The number of benzene rings is 2. The minimum Gasteiger partial charge on any atom is -0.378 e. The van der Waals surface area contributed by atoms with Gasteiger partial charge in [-0.25, -0.2) is 8.78 Å². The van der Waals surface area contributed by atoms with E-state index in [-0.39, 0.29) is 35.6 Å². The number of hydrogen-bond acceptors (Lipinski definition) is 3. The van der Waals surface area contributed by atoms with Crippen molar-refractivity contribution in [3.63, 3.8) is 0 Å². The Morgan fingerprint density at radius 3 is 2.14 bits per heavy atom. The molecule has 1 saturated heterocycles. The Labute approximate surface area is 187 Å². The molecule has 1 fully saturated rings. The van der Waals surface area contributed by atoms with E-state index >= 15 is 0 Å². The lowest BCUT2D eigenvalue weighted by atomic mass is 10.1. The Morgan fingerprint density at radius 2 is 1.59 bits per heavy atom. The first-order valence-electron chi connectivity index (χ1n) is 9.37. The average Bonchev–Trinajstić information content (AvgIpc) is 2.71. The van der Waals surface area contributed by atoms with Crippen molar-refractivity contribution in [2.75, 3.05) is 38.3 Å². The lowest BCUT2D eigenvalue weighted by molar-refractivity contribution is 0.122. The molecule has 8 heteroatoms. The second-order valence-corrected chi connectivity index (χ2v) is 6.75. The molecule has 1 heterocycles. The zero-order chi connectivity index (χ0) is 19.9. The van der Waals surface area contributed by atoms with Gasteiger partial charge in [0.1, 0.15) is 11.6 Å². The third kappa shape index (κ3) is 6.53. The van der Waals surface area contributed by atoms with E-state index in [1.165, 1.54) is 6.07 Å². The first kappa shape index (κ1) is 23.3. The van der Waals surface area contributed by atoms with Gasteiger partial charge in [-0.2, -0.15) is 0 Å². The van der Waals surface area contributed by atoms with Crippen LogP contribution in [0.5, 0.6) is 0 Å². The van der Waals surface area contributed by atoms with Gasteiger partial charge in [0.2, 0.25) is 0 Å². The van der Waals surface area contributed by atoms with Gasteiger partial charge in [0.15, 0.2) is 5.96 Å². The molecule has 0 aromatic heterocycles. The number of nitrogens with one attached hydrogen (secondary N) is 2. The lowest BCUT2D eigenvalue weighted by Crippen LogP contribution is -2.37. The third-order valence-corrected chi connectivity index (χ3v) is 4.74. The first-order chi connectivity index (χ1) is 13.6. The molecular formula is C21H27F2IN4O. The smallest absolute Gasteiger partial charge is 0.191 e. The molecule has 0 unspecified atom stereocenters. The lowest BCUT2D eigenvalue weighted by Gasteiger charge is -2.29. The quantitative estimate of drug-likeness (QED) is 0.363. The van der Waals surface area contributed by atoms with Crippen molar-refractivity contribution in [1.29, 1.82) is 0 Å². The molecule has 1 aliphatic rings. The van der Waals surface area contributed by atoms with Crippen LogP contribution in [0.3, 0.4) is 0 Å². The molecule has 0 aliphatic carbocycles. The Kier molecular flexibility index (Phi) is 9.09. The Hall–Kier alpha value is -1.94. The largest absolute Gasteiger partial charge is 0.378 e. The summed E-state index contributed by atoms with van der Waals surface area (Å²) in [6.07, 6.45) is 0. The molecule has 0 radical (unpaired) electrons. The highest BCUT2D eigenvalue weighted by Gasteiger charge is 2.15. The normalized spacial score (nSPS) is 14.3. The van der Waals surface area contributed by atoms with Crippen LogP contribution in [0.1, 0.15) is 16.7 Å². The van der Waals surface area contributed by atoms with E-state index in [9.17, 15) is 8.78 Å². The molecule has 5 nitrogen and oxygen atoms in total. The van der Waals surface area contributed by atoms with E-state index in [2.05, 4.69) is 15.6 Å². The monoisotopic (exact) mass is 516 g/mol. The fourth-order valence-corrected chi connectivity index (χ4v) is 3.06. The van der Waals surface area contributed by atoms with Crippen LogP contribution in [0, 0.1) is 18.6 Å². The van der Waals surface area contributed by atoms with Gasteiger partial charge in [0.25, 0.3) is 0 Å².